The molecule has 0 saturated carbocycles. The topological polar surface area (TPSA) is 57.7 Å². The Bertz CT molecular complexity index is 1150. The highest BCUT2D eigenvalue weighted by Crippen LogP contribution is 2.20. The molecule has 0 atom stereocenters. The fraction of sp³-hybridized carbons (Fsp3) is 0.292. The van der Waals surface area contributed by atoms with Gasteiger partial charge in [-0.3, -0.25) is 4.79 Å². The van der Waals surface area contributed by atoms with Crippen LogP contribution in [-0.2, 0) is 27.9 Å². The molecule has 0 fully saturated rings. The van der Waals surface area contributed by atoms with E-state index in [4.69, 9.17) is 0 Å². The molecular formula is C24H26F2N2O3S2. The molecule has 0 bridgehead atoms. The van der Waals surface area contributed by atoms with Crippen LogP contribution >= 0.6 is 11.3 Å². The van der Waals surface area contributed by atoms with Crippen LogP contribution in [0.5, 0.6) is 0 Å². The van der Waals surface area contributed by atoms with Gasteiger partial charge in [0.2, 0.25) is 15.9 Å². The largest absolute Gasteiger partial charge is 0.332 e. The van der Waals surface area contributed by atoms with E-state index in [2.05, 4.69) is 0 Å². The van der Waals surface area contributed by atoms with Crippen LogP contribution in [0.3, 0.4) is 0 Å². The zero-order valence-corrected chi connectivity index (χ0v) is 20.1. The molecule has 1 amide bonds. The molecule has 3 aromatic rings. The lowest BCUT2D eigenvalue weighted by Gasteiger charge is -2.28. The van der Waals surface area contributed by atoms with Crippen molar-refractivity contribution in [2.45, 2.75) is 31.8 Å². The van der Waals surface area contributed by atoms with E-state index in [9.17, 15) is 22.0 Å². The average Bonchev–Trinajstić information content (AvgIpc) is 3.27. The summed E-state index contributed by atoms with van der Waals surface area (Å²) in [5.74, 6) is -1.32. The number of sulfonamides is 1. The number of rotatable bonds is 10. The number of carbonyl (C=O) groups is 1. The molecule has 2 aromatic carbocycles. The lowest BCUT2D eigenvalue weighted by Crippen LogP contribution is -2.43. The molecule has 5 nitrogen and oxygen atoms in total. The molecule has 1 aromatic heterocycles. The van der Waals surface area contributed by atoms with Crippen LogP contribution < -0.4 is 0 Å². The normalized spacial score (nSPS) is 11.8. The van der Waals surface area contributed by atoms with Crippen LogP contribution in [0.4, 0.5) is 8.78 Å². The van der Waals surface area contributed by atoms with Crippen LogP contribution in [0.1, 0.15) is 24.3 Å². The van der Waals surface area contributed by atoms with Gasteiger partial charge in [0.25, 0.3) is 0 Å². The van der Waals surface area contributed by atoms with Gasteiger partial charge >= 0.3 is 0 Å². The predicted molar refractivity (Wildman–Crippen MR) is 125 cm³/mol. The van der Waals surface area contributed by atoms with Crippen LogP contribution in [0.25, 0.3) is 0 Å². The lowest BCUT2D eigenvalue weighted by molar-refractivity contribution is -0.132. The van der Waals surface area contributed by atoms with Gasteiger partial charge < -0.3 is 4.90 Å². The highest BCUT2D eigenvalue weighted by Gasteiger charge is 2.29. The molecule has 176 valence electrons. The maximum Gasteiger partial charge on any atom is 0.243 e. The molecule has 0 saturated heterocycles. The second-order valence-electron chi connectivity index (χ2n) is 8.10. The van der Waals surface area contributed by atoms with Crippen molar-refractivity contribution in [2.24, 2.45) is 5.92 Å². The maximum absolute atomic E-state index is 13.4. The maximum atomic E-state index is 13.4. The zero-order valence-electron chi connectivity index (χ0n) is 18.4. The molecule has 33 heavy (non-hydrogen) atoms. The minimum atomic E-state index is -4.01. The molecule has 9 heteroatoms. The van der Waals surface area contributed by atoms with Gasteiger partial charge in [0.1, 0.15) is 11.6 Å². The van der Waals surface area contributed by atoms with Gasteiger partial charge in [0, 0.05) is 18.0 Å². The van der Waals surface area contributed by atoms with Crippen molar-refractivity contribution in [1.29, 1.82) is 0 Å². The van der Waals surface area contributed by atoms with E-state index in [0.29, 0.717) is 6.54 Å². The molecule has 0 unspecified atom stereocenters. The van der Waals surface area contributed by atoms with Crippen LogP contribution in [0, 0.1) is 17.6 Å². The minimum absolute atomic E-state index is 0.0316. The van der Waals surface area contributed by atoms with Gasteiger partial charge in [-0.05, 0) is 59.3 Å². The molecule has 0 spiro atoms. The minimum Gasteiger partial charge on any atom is -0.332 e. The Kier molecular flexibility index (Phi) is 8.34. The Labute approximate surface area is 197 Å². The molecule has 0 aliphatic heterocycles. The Hall–Kier alpha value is -2.62. The summed E-state index contributed by atoms with van der Waals surface area (Å²) in [6, 6.07) is 14.2. The Morgan fingerprint density at radius 2 is 1.55 bits per heavy atom. The summed E-state index contributed by atoms with van der Waals surface area (Å²) in [4.78, 5) is 15.8. The SMILES string of the molecule is CC(C)CN(CC(=O)N(Cc1ccc(F)cc1)Cc1cccs1)S(=O)(=O)c1ccc(F)cc1. The number of nitrogens with zero attached hydrogens (tertiary/aromatic N) is 2. The Balaban J connectivity index is 1.86. The van der Waals surface area contributed by atoms with Crippen LogP contribution in [0.15, 0.2) is 70.9 Å². The molecule has 0 radical (unpaired) electrons. The highest BCUT2D eigenvalue weighted by atomic mass is 32.2. The quantitative estimate of drug-likeness (QED) is 0.404. The van der Waals surface area contributed by atoms with E-state index in [1.807, 2.05) is 31.4 Å². The summed E-state index contributed by atoms with van der Waals surface area (Å²) in [6.45, 7) is 4.02. The van der Waals surface area contributed by atoms with Gasteiger partial charge in [-0.15, -0.1) is 11.3 Å². The number of thiophene rings is 1. The van der Waals surface area contributed by atoms with Gasteiger partial charge in [0.15, 0.2) is 0 Å². The van der Waals surface area contributed by atoms with Crippen molar-refractivity contribution >= 4 is 27.3 Å². The molecule has 0 N–H and O–H groups in total. The van der Waals surface area contributed by atoms with Gasteiger partial charge in [-0.2, -0.15) is 4.31 Å². The van der Waals surface area contributed by atoms with Crippen molar-refractivity contribution in [3.8, 4) is 0 Å². The number of hydrogen-bond acceptors (Lipinski definition) is 4. The fourth-order valence-electron chi connectivity index (χ4n) is 3.29. The van der Waals surface area contributed by atoms with E-state index >= 15 is 0 Å². The smallest absolute Gasteiger partial charge is 0.243 e. The van der Waals surface area contributed by atoms with Crippen molar-refractivity contribution in [2.75, 3.05) is 13.1 Å². The van der Waals surface area contributed by atoms with Crippen LogP contribution in [-0.4, -0.2) is 36.6 Å². The third-order valence-electron chi connectivity index (χ3n) is 4.90. The monoisotopic (exact) mass is 492 g/mol. The van der Waals surface area contributed by atoms with E-state index in [-0.39, 0.29) is 42.2 Å². The van der Waals surface area contributed by atoms with E-state index < -0.39 is 15.8 Å². The van der Waals surface area contributed by atoms with Crippen LogP contribution in [0.2, 0.25) is 0 Å². The first-order valence-electron chi connectivity index (χ1n) is 10.5. The Morgan fingerprint density at radius 3 is 2.09 bits per heavy atom. The van der Waals surface area contributed by atoms with Crippen molar-refractivity contribution in [1.82, 2.24) is 9.21 Å². The number of amides is 1. The average molecular weight is 493 g/mol. The third kappa shape index (κ3) is 6.93. The predicted octanol–water partition coefficient (Wildman–Crippen LogP) is 4.90. The lowest BCUT2D eigenvalue weighted by atomic mass is 10.2. The first-order chi connectivity index (χ1) is 15.6. The van der Waals surface area contributed by atoms with Crippen molar-refractivity contribution in [3.63, 3.8) is 0 Å². The standard InChI is InChI=1S/C24H26F2N2O3S2/c1-18(2)14-28(33(30,31)23-11-9-21(26)10-12-23)17-24(29)27(16-22-4-3-13-32-22)15-19-5-7-20(25)8-6-19/h3-13,18H,14-17H2,1-2H3. The van der Waals surface area contributed by atoms with E-state index in [1.165, 1.54) is 35.6 Å². The number of carbonyl (C=O) groups excluding carboxylic acids is 1. The highest BCUT2D eigenvalue weighted by molar-refractivity contribution is 7.89. The summed E-state index contributed by atoms with van der Waals surface area (Å²) in [6.07, 6.45) is 0. The summed E-state index contributed by atoms with van der Waals surface area (Å²) >= 11 is 1.49. The molecule has 0 aliphatic rings. The van der Waals surface area contributed by atoms with E-state index in [0.717, 1.165) is 26.9 Å². The molecule has 0 aliphatic carbocycles. The van der Waals surface area contributed by atoms with Crippen molar-refractivity contribution < 1.29 is 22.0 Å². The number of hydrogen-bond donors (Lipinski definition) is 0. The second kappa shape index (κ2) is 11.0. The fourth-order valence-corrected chi connectivity index (χ4v) is 5.57. The molecule has 3 rings (SSSR count). The molecule has 1 heterocycles. The first-order valence-corrected chi connectivity index (χ1v) is 12.8. The van der Waals surface area contributed by atoms with Gasteiger partial charge in [-0.1, -0.05) is 32.0 Å². The zero-order chi connectivity index (χ0) is 24.0. The summed E-state index contributed by atoms with van der Waals surface area (Å²) in [5.41, 5.74) is 0.734. The summed E-state index contributed by atoms with van der Waals surface area (Å²) < 4.78 is 54.3. The Morgan fingerprint density at radius 1 is 0.939 bits per heavy atom. The number of benzene rings is 2. The van der Waals surface area contributed by atoms with E-state index in [1.54, 1.807) is 17.0 Å². The second-order valence-corrected chi connectivity index (χ2v) is 11.1. The first kappa shape index (κ1) is 25.0. The van der Waals surface area contributed by atoms with Gasteiger partial charge in [-0.25, -0.2) is 17.2 Å². The third-order valence-corrected chi connectivity index (χ3v) is 7.59. The number of halogens is 2. The summed E-state index contributed by atoms with van der Waals surface area (Å²) in [5, 5.41) is 1.90. The van der Waals surface area contributed by atoms with Crippen molar-refractivity contribution in [3.05, 3.63) is 88.1 Å². The summed E-state index contributed by atoms with van der Waals surface area (Å²) in [7, 11) is -4.01. The molecular weight excluding hydrogens is 466 g/mol. The van der Waals surface area contributed by atoms with Gasteiger partial charge in [0.05, 0.1) is 18.0 Å².